The summed E-state index contributed by atoms with van der Waals surface area (Å²) in [4.78, 5) is 7.82. The van der Waals surface area contributed by atoms with Crippen molar-refractivity contribution in [2.75, 3.05) is 0 Å². The Morgan fingerprint density at radius 2 is 2.18 bits per heavy atom. The van der Waals surface area contributed by atoms with E-state index < -0.39 is 0 Å². The molecule has 0 bridgehead atoms. The third-order valence-corrected chi connectivity index (χ3v) is 1.31. The van der Waals surface area contributed by atoms with Gasteiger partial charge in [0.05, 0.1) is 11.9 Å². The molecule has 1 aliphatic heterocycles. The molecule has 0 unspecified atom stereocenters. The van der Waals surface area contributed by atoms with Crippen LogP contribution in [-0.4, -0.2) is 11.7 Å². The first-order chi connectivity index (χ1) is 5.30. The Labute approximate surface area is 66.4 Å². The van der Waals surface area contributed by atoms with E-state index in [9.17, 15) is 0 Å². The van der Waals surface area contributed by atoms with Crippen molar-refractivity contribution in [3.63, 3.8) is 0 Å². The van der Waals surface area contributed by atoms with Crippen molar-refractivity contribution >= 4 is 11.7 Å². The summed E-state index contributed by atoms with van der Waals surface area (Å²) in [7, 11) is 0. The molecule has 0 N–H and O–H groups in total. The molecule has 2 nitrogen and oxygen atoms in total. The summed E-state index contributed by atoms with van der Waals surface area (Å²) in [6, 6.07) is 0. The highest BCUT2D eigenvalue weighted by Gasteiger charge is 1.97. The molecule has 0 fully saturated rings. The summed E-state index contributed by atoms with van der Waals surface area (Å²) in [6.45, 7) is 4.17. The highest BCUT2D eigenvalue weighted by Crippen LogP contribution is 2.09. The van der Waals surface area contributed by atoms with E-state index >= 15 is 0 Å². The van der Waals surface area contributed by atoms with Gasteiger partial charge in [0, 0.05) is 11.9 Å². The second-order valence-electron chi connectivity index (χ2n) is 2.54. The number of hydrogen-bond donors (Lipinski definition) is 0. The average molecular weight is 146 g/mol. The van der Waals surface area contributed by atoms with Gasteiger partial charge in [-0.1, -0.05) is 13.8 Å². The van der Waals surface area contributed by atoms with Crippen LogP contribution in [0.1, 0.15) is 13.8 Å². The zero-order chi connectivity index (χ0) is 8.10. The highest BCUT2D eigenvalue weighted by atomic mass is 14.7. The fraction of sp³-hybridized carbons (Fsp3) is 0.333. The molecule has 1 heterocycles. The zero-order valence-electron chi connectivity index (χ0n) is 6.70. The van der Waals surface area contributed by atoms with Gasteiger partial charge >= 0.3 is 0 Å². The van der Waals surface area contributed by atoms with Gasteiger partial charge < -0.3 is 0 Å². The fourth-order valence-electron chi connectivity index (χ4n) is 0.694. The van der Waals surface area contributed by atoms with Gasteiger partial charge in [-0.25, -0.2) is 9.98 Å². The maximum atomic E-state index is 4.07. The Hall–Kier alpha value is -1.36. The maximum absolute atomic E-state index is 4.07. The summed E-state index contributed by atoms with van der Waals surface area (Å²) >= 11 is 0. The van der Waals surface area contributed by atoms with Gasteiger partial charge in [-0.2, -0.15) is 0 Å². The lowest BCUT2D eigenvalue weighted by atomic mass is 10.1. The first kappa shape index (κ1) is 7.74. The molecule has 0 aromatic heterocycles. The first-order valence-electron chi connectivity index (χ1n) is 3.57. The predicted molar refractivity (Wildman–Crippen MR) is 46.9 cm³/mol. The molecule has 11 heavy (non-hydrogen) atoms. The molecule has 0 aromatic rings. The summed E-state index contributed by atoms with van der Waals surface area (Å²) in [5.74, 6) is 5.84. The van der Waals surface area contributed by atoms with E-state index in [1.54, 1.807) is 6.08 Å². The smallest absolute Gasteiger partial charge is 0.0981 e. The molecule has 0 aliphatic carbocycles. The normalized spacial score (nSPS) is 19.7. The lowest BCUT2D eigenvalue weighted by Crippen LogP contribution is -1.89. The quantitative estimate of drug-likeness (QED) is 0.540. The summed E-state index contributed by atoms with van der Waals surface area (Å²) in [5, 5.41) is 0. The number of rotatable bonds is 1. The molecule has 1 aliphatic rings. The van der Waals surface area contributed by atoms with E-state index in [-0.39, 0.29) is 0 Å². The molecule has 1 rings (SSSR count). The lowest BCUT2D eigenvalue weighted by Gasteiger charge is -2.01. The van der Waals surface area contributed by atoms with Gasteiger partial charge in [0.2, 0.25) is 0 Å². The van der Waals surface area contributed by atoms with Crippen molar-refractivity contribution in [1.29, 1.82) is 0 Å². The lowest BCUT2D eigenvalue weighted by molar-refractivity contribution is 0.760. The van der Waals surface area contributed by atoms with Gasteiger partial charge in [-0.15, -0.1) is 0 Å². The summed E-state index contributed by atoms with van der Waals surface area (Å²) in [6.07, 6.45) is 5.16. The topological polar surface area (TPSA) is 24.7 Å². The van der Waals surface area contributed by atoms with Gasteiger partial charge in [-0.05, 0) is 17.9 Å². The van der Waals surface area contributed by atoms with Crippen LogP contribution in [0.4, 0.5) is 0 Å². The molecule has 0 radical (unpaired) electrons. The average Bonchev–Trinajstić information content (AvgIpc) is 1.84. The van der Waals surface area contributed by atoms with Crippen LogP contribution in [0.5, 0.6) is 0 Å². The summed E-state index contributed by atoms with van der Waals surface area (Å²) in [5.41, 5.74) is 1.00. The van der Waals surface area contributed by atoms with Gasteiger partial charge in [0.15, 0.2) is 0 Å². The largest absolute Gasteiger partial charge is 0.209 e. The highest BCUT2D eigenvalue weighted by molar-refractivity contribution is 5.62. The first-order valence-corrected chi connectivity index (χ1v) is 3.57. The van der Waals surface area contributed by atoms with Crippen molar-refractivity contribution in [2.24, 2.45) is 15.9 Å². The molecule has 0 saturated heterocycles. The number of allylic oxidation sites excluding steroid dienone is 3. The van der Waals surface area contributed by atoms with Gasteiger partial charge in [0.1, 0.15) is 0 Å². The van der Waals surface area contributed by atoms with Crippen LogP contribution in [0, 0.1) is 5.92 Å². The second-order valence-corrected chi connectivity index (χ2v) is 2.54. The molecule has 0 amide bonds. The van der Waals surface area contributed by atoms with Crippen LogP contribution in [-0.2, 0) is 0 Å². The van der Waals surface area contributed by atoms with Gasteiger partial charge in [0.25, 0.3) is 0 Å². The molecular formula is C9H10N2. The molecular weight excluding hydrogens is 136 g/mol. The number of hydrogen-bond acceptors (Lipinski definition) is 2. The van der Waals surface area contributed by atoms with E-state index in [2.05, 4.69) is 35.6 Å². The Kier molecular flexibility index (Phi) is 2.62. The van der Waals surface area contributed by atoms with E-state index in [1.165, 1.54) is 6.20 Å². The zero-order valence-corrected chi connectivity index (χ0v) is 6.70. The molecule has 0 atom stereocenters. The SMILES string of the molecule is CC(C)/C1=C/C=C=NC=C=N1. The monoisotopic (exact) mass is 146 g/mol. The predicted octanol–water partition coefficient (Wildman–Crippen LogP) is 1.95. The van der Waals surface area contributed by atoms with Crippen molar-refractivity contribution in [3.8, 4) is 0 Å². The fourth-order valence-corrected chi connectivity index (χ4v) is 0.694. The van der Waals surface area contributed by atoms with Crippen molar-refractivity contribution in [3.05, 3.63) is 24.0 Å². The molecule has 0 aromatic carbocycles. The Bertz CT molecular complexity index is 283. The van der Waals surface area contributed by atoms with E-state index in [0.717, 1.165) is 5.70 Å². The number of nitrogens with zero attached hydrogens (tertiary/aromatic N) is 2. The Balaban J connectivity index is 2.98. The second kappa shape index (κ2) is 3.72. The summed E-state index contributed by atoms with van der Waals surface area (Å²) < 4.78 is 0. The molecule has 2 heteroatoms. The van der Waals surface area contributed by atoms with Crippen molar-refractivity contribution in [2.45, 2.75) is 13.8 Å². The van der Waals surface area contributed by atoms with Crippen LogP contribution in [0.3, 0.4) is 0 Å². The minimum Gasteiger partial charge on any atom is -0.209 e. The Morgan fingerprint density at radius 3 is 2.91 bits per heavy atom. The van der Waals surface area contributed by atoms with Crippen molar-refractivity contribution in [1.82, 2.24) is 0 Å². The van der Waals surface area contributed by atoms with Crippen LogP contribution in [0.2, 0.25) is 0 Å². The minimum atomic E-state index is 0.423. The minimum absolute atomic E-state index is 0.423. The van der Waals surface area contributed by atoms with Crippen LogP contribution >= 0.6 is 0 Å². The van der Waals surface area contributed by atoms with Crippen molar-refractivity contribution < 1.29 is 0 Å². The van der Waals surface area contributed by atoms with Crippen LogP contribution < -0.4 is 0 Å². The van der Waals surface area contributed by atoms with E-state index in [4.69, 9.17) is 0 Å². The molecule has 0 spiro atoms. The molecule has 0 saturated carbocycles. The Morgan fingerprint density at radius 1 is 1.36 bits per heavy atom. The van der Waals surface area contributed by atoms with Gasteiger partial charge in [-0.3, -0.25) is 0 Å². The van der Waals surface area contributed by atoms with E-state index in [1.807, 2.05) is 6.08 Å². The van der Waals surface area contributed by atoms with Crippen LogP contribution in [0.25, 0.3) is 0 Å². The molecule has 56 valence electrons. The third kappa shape index (κ3) is 2.38. The maximum Gasteiger partial charge on any atom is 0.0981 e. The van der Waals surface area contributed by atoms with E-state index in [0.29, 0.717) is 5.92 Å². The number of aliphatic imine (C=N–C) groups is 2. The third-order valence-electron chi connectivity index (χ3n) is 1.31. The standard InChI is InChI=1S/C9H10N2/c1-8(2)9-4-3-5-10-6-7-11-9/h3-4,6,8H,1-2H3/b9-4-. The van der Waals surface area contributed by atoms with Crippen LogP contribution in [0.15, 0.2) is 34.0 Å².